The lowest BCUT2D eigenvalue weighted by atomic mass is 9.82. The van der Waals surface area contributed by atoms with Gasteiger partial charge in [0.05, 0.1) is 0 Å². The standard InChI is InChI=1S/C13H22N2O/c16-13-10-6-14-7-11(13)9-15(8-10)12-4-2-1-3-5-12/h10-12,14H,1-9H2. The Morgan fingerprint density at radius 3 is 2.25 bits per heavy atom. The minimum atomic E-state index is 0.287. The molecule has 16 heavy (non-hydrogen) atoms. The molecule has 0 aromatic heterocycles. The van der Waals surface area contributed by atoms with E-state index in [2.05, 4.69) is 10.2 Å². The first-order valence-electron chi connectivity index (χ1n) is 6.83. The van der Waals surface area contributed by atoms with E-state index in [4.69, 9.17) is 0 Å². The predicted molar refractivity (Wildman–Crippen MR) is 63.3 cm³/mol. The number of piperidine rings is 2. The van der Waals surface area contributed by atoms with Gasteiger partial charge in [0.1, 0.15) is 5.78 Å². The third-order valence-corrected chi connectivity index (χ3v) is 4.59. The topological polar surface area (TPSA) is 32.3 Å². The number of carbonyl (C=O) groups excluding carboxylic acids is 1. The SMILES string of the molecule is O=C1C2CNCC1CN(C1CCCCC1)C2. The lowest BCUT2D eigenvalue weighted by Gasteiger charge is -2.45. The normalized spacial score (nSPS) is 37.6. The Balaban J connectivity index is 1.67. The van der Waals surface area contributed by atoms with Crippen molar-refractivity contribution in [2.24, 2.45) is 11.8 Å². The van der Waals surface area contributed by atoms with Crippen LogP contribution >= 0.6 is 0 Å². The molecule has 3 nitrogen and oxygen atoms in total. The maximum Gasteiger partial charge on any atom is 0.144 e. The monoisotopic (exact) mass is 222 g/mol. The van der Waals surface area contributed by atoms with E-state index in [1.54, 1.807) is 0 Å². The molecule has 0 aromatic rings. The molecule has 2 unspecified atom stereocenters. The Morgan fingerprint density at radius 1 is 1.00 bits per heavy atom. The number of hydrogen-bond donors (Lipinski definition) is 1. The van der Waals surface area contributed by atoms with E-state index >= 15 is 0 Å². The van der Waals surface area contributed by atoms with E-state index in [-0.39, 0.29) is 11.8 Å². The quantitative estimate of drug-likeness (QED) is 0.719. The second-order valence-electron chi connectivity index (χ2n) is 5.70. The van der Waals surface area contributed by atoms with Crippen LogP contribution in [0.2, 0.25) is 0 Å². The van der Waals surface area contributed by atoms with Crippen LogP contribution in [0.15, 0.2) is 0 Å². The van der Waals surface area contributed by atoms with Gasteiger partial charge < -0.3 is 5.32 Å². The molecule has 1 saturated carbocycles. The van der Waals surface area contributed by atoms with Gasteiger partial charge in [-0.3, -0.25) is 9.69 Å². The molecule has 3 fully saturated rings. The largest absolute Gasteiger partial charge is 0.315 e. The van der Waals surface area contributed by atoms with Crippen LogP contribution in [0.25, 0.3) is 0 Å². The molecule has 3 aliphatic rings. The molecule has 0 aromatic carbocycles. The molecule has 3 rings (SSSR count). The van der Waals surface area contributed by atoms with Gasteiger partial charge in [0, 0.05) is 44.1 Å². The van der Waals surface area contributed by atoms with Crippen molar-refractivity contribution < 1.29 is 4.79 Å². The molecule has 2 aliphatic heterocycles. The number of ketones is 1. The molecule has 1 N–H and O–H groups in total. The highest BCUT2D eigenvalue weighted by atomic mass is 16.1. The summed E-state index contributed by atoms with van der Waals surface area (Å²) in [6.45, 7) is 3.87. The van der Waals surface area contributed by atoms with E-state index < -0.39 is 0 Å². The zero-order chi connectivity index (χ0) is 11.0. The van der Waals surface area contributed by atoms with Crippen LogP contribution in [0.1, 0.15) is 32.1 Å². The second kappa shape index (κ2) is 4.46. The summed E-state index contributed by atoms with van der Waals surface area (Å²) in [7, 11) is 0. The second-order valence-corrected chi connectivity index (χ2v) is 5.70. The third kappa shape index (κ3) is 1.91. The lowest BCUT2D eigenvalue weighted by Crippen LogP contribution is -2.59. The van der Waals surface area contributed by atoms with Crippen molar-refractivity contribution in [3.8, 4) is 0 Å². The van der Waals surface area contributed by atoms with Gasteiger partial charge in [0.2, 0.25) is 0 Å². The molecule has 2 saturated heterocycles. The van der Waals surface area contributed by atoms with Crippen LogP contribution in [-0.2, 0) is 4.79 Å². The summed E-state index contributed by atoms with van der Waals surface area (Å²) in [4.78, 5) is 14.6. The van der Waals surface area contributed by atoms with Gasteiger partial charge in [-0.25, -0.2) is 0 Å². The number of nitrogens with one attached hydrogen (secondary N) is 1. The zero-order valence-electron chi connectivity index (χ0n) is 9.95. The lowest BCUT2D eigenvalue weighted by molar-refractivity contribution is -0.134. The van der Waals surface area contributed by atoms with Crippen LogP contribution in [0, 0.1) is 11.8 Å². The van der Waals surface area contributed by atoms with Gasteiger partial charge in [-0.2, -0.15) is 0 Å². The Hall–Kier alpha value is -0.410. The minimum Gasteiger partial charge on any atom is -0.315 e. The maximum atomic E-state index is 12.0. The fourth-order valence-electron chi connectivity index (χ4n) is 3.66. The van der Waals surface area contributed by atoms with Crippen LogP contribution in [0.3, 0.4) is 0 Å². The van der Waals surface area contributed by atoms with E-state index in [1.807, 2.05) is 0 Å². The van der Waals surface area contributed by atoms with Crippen LogP contribution < -0.4 is 5.32 Å². The van der Waals surface area contributed by atoms with Crippen molar-refractivity contribution in [3.05, 3.63) is 0 Å². The molecular weight excluding hydrogens is 200 g/mol. The number of Topliss-reactive ketones (excluding diaryl/α,β-unsaturated/α-hetero) is 1. The summed E-state index contributed by atoms with van der Waals surface area (Å²) < 4.78 is 0. The summed E-state index contributed by atoms with van der Waals surface area (Å²) >= 11 is 0. The molecular formula is C13H22N2O. The predicted octanol–water partition coefficient (Wildman–Crippen LogP) is 1.04. The molecule has 2 atom stereocenters. The van der Waals surface area contributed by atoms with Crippen molar-refractivity contribution >= 4 is 5.78 Å². The number of likely N-dealkylation sites (tertiary alicyclic amines) is 1. The molecule has 1 aliphatic carbocycles. The summed E-state index contributed by atoms with van der Waals surface area (Å²) in [5.74, 6) is 1.11. The summed E-state index contributed by atoms with van der Waals surface area (Å²) in [6.07, 6.45) is 6.92. The van der Waals surface area contributed by atoms with Crippen molar-refractivity contribution in [1.82, 2.24) is 10.2 Å². The first-order chi connectivity index (χ1) is 7.84. The van der Waals surface area contributed by atoms with Gasteiger partial charge in [0.15, 0.2) is 0 Å². The van der Waals surface area contributed by atoms with E-state index in [0.29, 0.717) is 5.78 Å². The minimum absolute atomic E-state index is 0.287. The van der Waals surface area contributed by atoms with E-state index in [0.717, 1.165) is 32.2 Å². The zero-order valence-corrected chi connectivity index (χ0v) is 9.95. The van der Waals surface area contributed by atoms with Crippen molar-refractivity contribution in [2.75, 3.05) is 26.2 Å². The van der Waals surface area contributed by atoms with Crippen LogP contribution in [-0.4, -0.2) is 42.9 Å². The number of fused-ring (bicyclic) bond motifs is 2. The van der Waals surface area contributed by atoms with Crippen molar-refractivity contribution in [1.29, 1.82) is 0 Å². The van der Waals surface area contributed by atoms with Crippen LogP contribution in [0.4, 0.5) is 0 Å². The maximum absolute atomic E-state index is 12.0. The molecule has 2 bridgehead atoms. The third-order valence-electron chi connectivity index (χ3n) is 4.59. The number of hydrogen-bond acceptors (Lipinski definition) is 3. The molecule has 0 amide bonds. The number of rotatable bonds is 1. The molecule has 2 heterocycles. The van der Waals surface area contributed by atoms with Gasteiger partial charge in [-0.05, 0) is 12.8 Å². The highest BCUT2D eigenvalue weighted by Crippen LogP contribution is 2.28. The summed E-state index contributed by atoms with van der Waals surface area (Å²) in [5, 5.41) is 3.39. The molecule has 0 radical (unpaired) electrons. The smallest absolute Gasteiger partial charge is 0.144 e. The summed E-state index contributed by atoms with van der Waals surface area (Å²) in [6, 6.07) is 0.782. The molecule has 90 valence electrons. The Kier molecular flexibility index (Phi) is 2.99. The summed E-state index contributed by atoms with van der Waals surface area (Å²) in [5.41, 5.74) is 0. The first-order valence-corrected chi connectivity index (χ1v) is 6.83. The Labute approximate surface area is 97.6 Å². The number of carbonyl (C=O) groups is 1. The van der Waals surface area contributed by atoms with E-state index in [9.17, 15) is 4.79 Å². The fourth-order valence-corrected chi connectivity index (χ4v) is 3.66. The van der Waals surface area contributed by atoms with Gasteiger partial charge in [0.25, 0.3) is 0 Å². The average Bonchev–Trinajstić information content (AvgIpc) is 2.30. The molecule has 3 heteroatoms. The highest BCUT2D eigenvalue weighted by Gasteiger charge is 2.39. The van der Waals surface area contributed by atoms with Gasteiger partial charge in [-0.1, -0.05) is 19.3 Å². The van der Waals surface area contributed by atoms with E-state index in [1.165, 1.54) is 32.1 Å². The van der Waals surface area contributed by atoms with Crippen molar-refractivity contribution in [2.45, 2.75) is 38.1 Å². The van der Waals surface area contributed by atoms with Gasteiger partial charge >= 0.3 is 0 Å². The van der Waals surface area contributed by atoms with Crippen LogP contribution in [0.5, 0.6) is 0 Å². The van der Waals surface area contributed by atoms with Crippen molar-refractivity contribution in [3.63, 3.8) is 0 Å². The molecule has 0 spiro atoms. The first kappa shape index (κ1) is 10.7. The highest BCUT2D eigenvalue weighted by molar-refractivity contribution is 5.85. The Morgan fingerprint density at radius 2 is 1.62 bits per heavy atom. The Bertz CT molecular complexity index is 257. The number of nitrogens with zero attached hydrogens (tertiary/aromatic N) is 1. The fraction of sp³-hybridized carbons (Fsp3) is 0.923. The van der Waals surface area contributed by atoms with Gasteiger partial charge in [-0.15, -0.1) is 0 Å². The average molecular weight is 222 g/mol.